The van der Waals surface area contributed by atoms with E-state index >= 15 is 0 Å². The second-order valence-electron chi connectivity index (χ2n) is 10.5. The van der Waals surface area contributed by atoms with E-state index in [9.17, 15) is 19.5 Å². The van der Waals surface area contributed by atoms with Crippen molar-refractivity contribution in [2.45, 2.75) is 83.5 Å². The van der Waals surface area contributed by atoms with Gasteiger partial charge in [-0.15, -0.1) is 0 Å². The van der Waals surface area contributed by atoms with Crippen molar-refractivity contribution >= 4 is 34.5 Å². The number of carbonyl (C=O) groups excluding carboxylic acids is 2. The normalized spacial score (nSPS) is 20.6. The molecule has 0 radical (unpaired) electrons. The summed E-state index contributed by atoms with van der Waals surface area (Å²) in [5.41, 5.74) is 8.73. The van der Waals surface area contributed by atoms with E-state index in [-0.39, 0.29) is 36.2 Å². The highest BCUT2D eigenvalue weighted by molar-refractivity contribution is 5.98. The van der Waals surface area contributed by atoms with Crippen molar-refractivity contribution in [3.8, 4) is 0 Å². The fourth-order valence-corrected chi connectivity index (χ4v) is 6.16. The average Bonchev–Trinajstić information content (AvgIpc) is 3.61. The van der Waals surface area contributed by atoms with Crippen LogP contribution in [-0.4, -0.2) is 80.9 Å². The highest BCUT2D eigenvalue weighted by Crippen LogP contribution is 2.29. The Kier molecular flexibility index (Phi) is 8.71. The van der Waals surface area contributed by atoms with Crippen LogP contribution in [-0.2, 0) is 27.3 Å². The van der Waals surface area contributed by atoms with E-state index in [1.165, 1.54) is 12.6 Å². The Hall–Kier alpha value is -3.40. The molecular formula is C28H40N6O4. The predicted octanol–water partition coefficient (Wildman–Crippen LogP) is 2.31. The molecule has 10 nitrogen and oxygen atoms in total. The Morgan fingerprint density at radius 1 is 1.18 bits per heavy atom. The van der Waals surface area contributed by atoms with Crippen molar-refractivity contribution in [2.75, 3.05) is 19.6 Å². The highest BCUT2D eigenvalue weighted by atomic mass is 16.4. The summed E-state index contributed by atoms with van der Waals surface area (Å²) in [6.45, 7) is 6.24. The summed E-state index contributed by atoms with van der Waals surface area (Å²) in [6.07, 6.45) is 5.69. The van der Waals surface area contributed by atoms with Crippen LogP contribution in [0.15, 0.2) is 24.3 Å². The number of amidine groups is 1. The maximum Gasteiger partial charge on any atom is 0.326 e. The van der Waals surface area contributed by atoms with Crippen LogP contribution in [0.25, 0.3) is 10.9 Å². The van der Waals surface area contributed by atoms with E-state index in [0.29, 0.717) is 6.54 Å². The number of fused-ring (bicyclic) bond motifs is 1. The minimum absolute atomic E-state index is 0.0620. The molecule has 2 fully saturated rings. The van der Waals surface area contributed by atoms with Gasteiger partial charge in [0.15, 0.2) is 0 Å². The van der Waals surface area contributed by atoms with Crippen LogP contribution in [0.1, 0.15) is 63.6 Å². The van der Waals surface area contributed by atoms with Gasteiger partial charge in [0, 0.05) is 49.4 Å². The van der Waals surface area contributed by atoms with E-state index < -0.39 is 12.0 Å². The zero-order valence-corrected chi connectivity index (χ0v) is 22.4. The van der Waals surface area contributed by atoms with Crippen molar-refractivity contribution in [3.05, 3.63) is 35.5 Å². The average molecular weight is 525 g/mol. The number of carbonyl (C=O) groups is 3. The number of aliphatic carboxylic acids is 1. The Bertz CT molecular complexity index is 1210. The van der Waals surface area contributed by atoms with Gasteiger partial charge in [0.25, 0.3) is 0 Å². The summed E-state index contributed by atoms with van der Waals surface area (Å²) in [6, 6.07) is 7.10. The molecule has 2 amide bonds. The first-order chi connectivity index (χ1) is 18.2. The molecule has 4 rings (SSSR count). The molecule has 5 N–H and O–H groups in total. The second kappa shape index (κ2) is 12.0. The molecule has 3 heterocycles. The summed E-state index contributed by atoms with van der Waals surface area (Å²) in [7, 11) is 0. The van der Waals surface area contributed by atoms with Gasteiger partial charge in [-0.05, 0) is 75.9 Å². The van der Waals surface area contributed by atoms with E-state index in [0.717, 1.165) is 74.6 Å². The number of aryl methyl sites for hydroxylation is 2. The maximum absolute atomic E-state index is 13.7. The first-order valence-corrected chi connectivity index (χ1v) is 13.7. The molecular weight excluding hydrogens is 484 g/mol. The standard InChI is InChI=1S/C28H40N6O4/c1-3-33-22(16-19-8-9-20(26(29)30)17-25(19)33)11-10-21-6-4-14-34(21)27(36)24-7-5-13-32(24)15-12-23(28(37)38)31-18(2)35/h8-9,16-17,21,23-24H,3-7,10-15H2,1-2H3,(H3,29,30)(H,31,35)(H,37,38)/t21-,23-,24+/m0/s1. The molecule has 2 aliphatic rings. The van der Waals surface area contributed by atoms with Crippen molar-refractivity contribution in [2.24, 2.45) is 5.73 Å². The first kappa shape index (κ1) is 27.6. The van der Waals surface area contributed by atoms with E-state index in [2.05, 4.69) is 32.7 Å². The summed E-state index contributed by atoms with van der Waals surface area (Å²) < 4.78 is 2.27. The lowest BCUT2D eigenvalue weighted by Gasteiger charge is -2.32. The molecule has 0 spiro atoms. The number of likely N-dealkylation sites (tertiary alicyclic amines) is 2. The van der Waals surface area contributed by atoms with Crippen LogP contribution in [0.3, 0.4) is 0 Å². The van der Waals surface area contributed by atoms with Gasteiger partial charge in [0.2, 0.25) is 11.8 Å². The van der Waals surface area contributed by atoms with Gasteiger partial charge in [-0.3, -0.25) is 19.9 Å². The number of nitrogens with two attached hydrogens (primary N) is 1. The lowest BCUT2D eigenvalue weighted by Crippen LogP contribution is -2.49. The van der Waals surface area contributed by atoms with Gasteiger partial charge in [-0.25, -0.2) is 4.79 Å². The summed E-state index contributed by atoms with van der Waals surface area (Å²) in [4.78, 5) is 40.7. The SMILES string of the molecule is CCn1c(CC[C@@H]2CCCN2C(=O)[C@H]2CCCN2CC[C@H](NC(C)=O)C(=O)O)cc2ccc(C(=N)N)cc21. The second-order valence-corrected chi connectivity index (χ2v) is 10.5. The lowest BCUT2D eigenvalue weighted by molar-refractivity contribution is -0.142. The van der Waals surface area contributed by atoms with Crippen molar-refractivity contribution in [1.29, 1.82) is 5.41 Å². The molecule has 0 bridgehead atoms. The number of nitrogens with zero attached hydrogens (tertiary/aromatic N) is 3. The van der Waals surface area contributed by atoms with E-state index in [4.69, 9.17) is 11.1 Å². The van der Waals surface area contributed by atoms with Crippen LogP contribution in [0.5, 0.6) is 0 Å². The topological polar surface area (TPSA) is 145 Å². The molecule has 1 aromatic heterocycles. The molecule has 2 aliphatic heterocycles. The zero-order chi connectivity index (χ0) is 27.4. The molecule has 2 saturated heterocycles. The van der Waals surface area contributed by atoms with Crippen LogP contribution in [0, 0.1) is 5.41 Å². The third-order valence-corrected chi connectivity index (χ3v) is 8.04. The number of nitrogen functional groups attached to an aromatic ring is 1. The molecule has 3 atom stereocenters. The van der Waals surface area contributed by atoms with Gasteiger partial charge in [-0.1, -0.05) is 12.1 Å². The summed E-state index contributed by atoms with van der Waals surface area (Å²) in [5, 5.41) is 20.8. The number of amides is 2. The number of rotatable bonds is 11. The first-order valence-electron chi connectivity index (χ1n) is 13.7. The monoisotopic (exact) mass is 524 g/mol. The quantitative estimate of drug-likeness (QED) is 0.262. The maximum atomic E-state index is 13.7. The number of carboxylic acid groups (broad SMARTS) is 1. The number of benzene rings is 1. The molecule has 38 heavy (non-hydrogen) atoms. The molecule has 0 aliphatic carbocycles. The number of aromatic nitrogens is 1. The number of nitrogens with one attached hydrogen (secondary N) is 2. The Morgan fingerprint density at radius 3 is 2.63 bits per heavy atom. The molecule has 0 unspecified atom stereocenters. The van der Waals surface area contributed by atoms with Crippen molar-refractivity contribution in [1.82, 2.24) is 19.7 Å². The summed E-state index contributed by atoms with van der Waals surface area (Å²) >= 11 is 0. The molecule has 2 aromatic rings. The highest BCUT2D eigenvalue weighted by Gasteiger charge is 2.38. The molecule has 206 valence electrons. The fraction of sp³-hybridized carbons (Fsp3) is 0.571. The predicted molar refractivity (Wildman–Crippen MR) is 146 cm³/mol. The van der Waals surface area contributed by atoms with Crippen LogP contribution >= 0.6 is 0 Å². The van der Waals surface area contributed by atoms with Crippen LogP contribution in [0.2, 0.25) is 0 Å². The smallest absolute Gasteiger partial charge is 0.326 e. The fourth-order valence-electron chi connectivity index (χ4n) is 6.16. The third kappa shape index (κ3) is 6.01. The third-order valence-electron chi connectivity index (χ3n) is 8.04. The Morgan fingerprint density at radius 2 is 1.95 bits per heavy atom. The van der Waals surface area contributed by atoms with Gasteiger partial charge in [-0.2, -0.15) is 0 Å². The minimum atomic E-state index is -1.05. The van der Waals surface area contributed by atoms with E-state index in [1.807, 2.05) is 18.2 Å². The van der Waals surface area contributed by atoms with Crippen molar-refractivity contribution in [3.63, 3.8) is 0 Å². The van der Waals surface area contributed by atoms with Gasteiger partial charge in [0.05, 0.1) is 6.04 Å². The number of carboxylic acids is 1. The van der Waals surface area contributed by atoms with Gasteiger partial charge < -0.3 is 25.6 Å². The van der Waals surface area contributed by atoms with Crippen LogP contribution in [0.4, 0.5) is 0 Å². The van der Waals surface area contributed by atoms with Gasteiger partial charge in [0.1, 0.15) is 11.9 Å². The van der Waals surface area contributed by atoms with Crippen LogP contribution < -0.4 is 11.1 Å². The summed E-state index contributed by atoms with van der Waals surface area (Å²) in [5.74, 6) is -1.21. The zero-order valence-electron chi connectivity index (χ0n) is 22.4. The molecule has 10 heteroatoms. The largest absolute Gasteiger partial charge is 0.480 e. The molecule has 1 aromatic carbocycles. The van der Waals surface area contributed by atoms with E-state index in [1.54, 1.807) is 0 Å². The van der Waals surface area contributed by atoms with Gasteiger partial charge >= 0.3 is 5.97 Å². The molecule has 0 saturated carbocycles. The number of hydrogen-bond acceptors (Lipinski definition) is 5. The minimum Gasteiger partial charge on any atom is -0.480 e. The number of hydrogen-bond donors (Lipinski definition) is 4. The Labute approximate surface area is 223 Å². The van der Waals surface area contributed by atoms with Crippen molar-refractivity contribution < 1.29 is 19.5 Å². The lowest BCUT2D eigenvalue weighted by atomic mass is 10.1. The Balaban J connectivity index is 1.40.